The summed E-state index contributed by atoms with van der Waals surface area (Å²) in [7, 11) is 0. The summed E-state index contributed by atoms with van der Waals surface area (Å²) in [5.74, 6) is 1.55. The summed E-state index contributed by atoms with van der Waals surface area (Å²) in [4.78, 5) is 2.44. The third-order valence-electron chi connectivity index (χ3n) is 3.21. The smallest absolute Gasteiger partial charge is 0.119 e. The predicted octanol–water partition coefficient (Wildman–Crippen LogP) is 2.44. The van der Waals surface area contributed by atoms with Crippen LogP contribution in [0.1, 0.15) is 19.4 Å². The highest BCUT2D eigenvalue weighted by atomic mass is 16.5. The van der Waals surface area contributed by atoms with E-state index >= 15 is 0 Å². The van der Waals surface area contributed by atoms with Crippen molar-refractivity contribution in [2.45, 2.75) is 20.8 Å². The lowest BCUT2D eigenvalue weighted by Gasteiger charge is -2.30. The molecule has 0 aliphatic carbocycles. The number of rotatable bonds is 4. The normalized spacial score (nSPS) is 16.1. The van der Waals surface area contributed by atoms with Gasteiger partial charge in [0, 0.05) is 31.9 Å². The first kappa shape index (κ1) is 13.2. The second-order valence-corrected chi connectivity index (χ2v) is 5.39. The van der Waals surface area contributed by atoms with E-state index in [1.807, 2.05) is 0 Å². The van der Waals surface area contributed by atoms with E-state index in [1.165, 1.54) is 11.3 Å². The Morgan fingerprint density at radius 1 is 1.28 bits per heavy atom. The van der Waals surface area contributed by atoms with Crippen LogP contribution in [0.15, 0.2) is 18.2 Å². The van der Waals surface area contributed by atoms with Crippen molar-refractivity contribution in [2.24, 2.45) is 5.92 Å². The lowest BCUT2D eigenvalue weighted by molar-refractivity contribution is 0.271. The van der Waals surface area contributed by atoms with Gasteiger partial charge in [-0.2, -0.15) is 0 Å². The van der Waals surface area contributed by atoms with Crippen LogP contribution in [0.3, 0.4) is 0 Å². The molecule has 2 rings (SSSR count). The van der Waals surface area contributed by atoms with Crippen molar-refractivity contribution in [1.29, 1.82) is 0 Å². The van der Waals surface area contributed by atoms with E-state index in [-0.39, 0.29) is 0 Å². The quantitative estimate of drug-likeness (QED) is 0.885. The van der Waals surface area contributed by atoms with E-state index in [0.717, 1.165) is 38.5 Å². The number of ether oxygens (including phenoxy) is 1. The van der Waals surface area contributed by atoms with Gasteiger partial charge in [-0.3, -0.25) is 0 Å². The number of anilines is 1. The van der Waals surface area contributed by atoms with Gasteiger partial charge >= 0.3 is 0 Å². The van der Waals surface area contributed by atoms with Crippen LogP contribution in [-0.2, 0) is 0 Å². The third kappa shape index (κ3) is 3.39. The topological polar surface area (TPSA) is 24.5 Å². The van der Waals surface area contributed by atoms with Gasteiger partial charge in [0.2, 0.25) is 0 Å². The first-order valence-corrected chi connectivity index (χ1v) is 6.86. The molecule has 1 aromatic carbocycles. The maximum Gasteiger partial charge on any atom is 0.119 e. The highest BCUT2D eigenvalue weighted by Gasteiger charge is 2.12. The number of piperazine rings is 1. The number of benzene rings is 1. The second kappa shape index (κ2) is 6.10. The summed E-state index contributed by atoms with van der Waals surface area (Å²) in [6.07, 6.45) is 0. The van der Waals surface area contributed by atoms with Crippen molar-refractivity contribution in [3.8, 4) is 5.75 Å². The van der Waals surface area contributed by atoms with Gasteiger partial charge < -0.3 is 15.0 Å². The monoisotopic (exact) mass is 248 g/mol. The zero-order valence-corrected chi connectivity index (χ0v) is 11.7. The fraction of sp³-hybridized carbons (Fsp3) is 0.600. The van der Waals surface area contributed by atoms with Gasteiger partial charge in [-0.05, 0) is 36.6 Å². The molecular formula is C15H24N2O. The molecule has 1 aliphatic heterocycles. The summed E-state index contributed by atoms with van der Waals surface area (Å²) >= 11 is 0. The zero-order chi connectivity index (χ0) is 13.0. The van der Waals surface area contributed by atoms with Gasteiger partial charge in [0.05, 0.1) is 6.61 Å². The average molecular weight is 248 g/mol. The van der Waals surface area contributed by atoms with Crippen LogP contribution in [-0.4, -0.2) is 32.8 Å². The first-order valence-electron chi connectivity index (χ1n) is 6.86. The molecule has 1 aromatic rings. The summed E-state index contributed by atoms with van der Waals surface area (Å²) < 4.78 is 5.76. The molecule has 0 atom stereocenters. The van der Waals surface area contributed by atoms with Gasteiger partial charge in [-0.15, -0.1) is 0 Å². The minimum absolute atomic E-state index is 0.568. The molecule has 0 radical (unpaired) electrons. The highest BCUT2D eigenvalue weighted by molar-refractivity contribution is 5.56. The van der Waals surface area contributed by atoms with E-state index in [1.54, 1.807) is 0 Å². The summed E-state index contributed by atoms with van der Waals surface area (Å²) in [5.41, 5.74) is 2.64. The largest absolute Gasteiger partial charge is 0.493 e. The first-order chi connectivity index (χ1) is 8.66. The van der Waals surface area contributed by atoms with Crippen molar-refractivity contribution in [2.75, 3.05) is 37.7 Å². The SMILES string of the molecule is Cc1cc(OCC(C)C)ccc1N1CCNCC1. The van der Waals surface area contributed by atoms with Crippen LogP contribution in [0.2, 0.25) is 0 Å². The lowest BCUT2D eigenvalue weighted by atomic mass is 10.1. The number of nitrogens with zero attached hydrogens (tertiary/aromatic N) is 1. The van der Waals surface area contributed by atoms with Crippen LogP contribution in [0.4, 0.5) is 5.69 Å². The number of hydrogen-bond donors (Lipinski definition) is 1. The summed E-state index contributed by atoms with van der Waals surface area (Å²) in [5, 5.41) is 3.38. The molecule has 0 bridgehead atoms. The van der Waals surface area contributed by atoms with Crippen molar-refractivity contribution < 1.29 is 4.74 Å². The molecule has 1 fully saturated rings. The van der Waals surface area contributed by atoms with Crippen LogP contribution in [0.25, 0.3) is 0 Å². The molecular weight excluding hydrogens is 224 g/mol. The number of hydrogen-bond acceptors (Lipinski definition) is 3. The van der Waals surface area contributed by atoms with E-state index in [9.17, 15) is 0 Å². The molecule has 18 heavy (non-hydrogen) atoms. The van der Waals surface area contributed by atoms with E-state index in [4.69, 9.17) is 4.74 Å². The van der Waals surface area contributed by atoms with Crippen LogP contribution in [0.5, 0.6) is 5.75 Å². The van der Waals surface area contributed by atoms with Gasteiger partial charge in [0.25, 0.3) is 0 Å². The Balaban J connectivity index is 2.04. The van der Waals surface area contributed by atoms with Gasteiger partial charge in [0.1, 0.15) is 5.75 Å². The average Bonchev–Trinajstić information content (AvgIpc) is 2.37. The maximum absolute atomic E-state index is 5.76. The Kier molecular flexibility index (Phi) is 4.48. The maximum atomic E-state index is 5.76. The molecule has 0 amide bonds. The molecule has 100 valence electrons. The van der Waals surface area contributed by atoms with Crippen molar-refractivity contribution in [1.82, 2.24) is 5.32 Å². The Hall–Kier alpha value is -1.22. The minimum Gasteiger partial charge on any atom is -0.493 e. The van der Waals surface area contributed by atoms with Gasteiger partial charge in [-0.25, -0.2) is 0 Å². The Morgan fingerprint density at radius 2 is 2.00 bits per heavy atom. The van der Waals surface area contributed by atoms with E-state index in [2.05, 4.69) is 49.2 Å². The third-order valence-corrected chi connectivity index (χ3v) is 3.21. The molecule has 1 saturated heterocycles. The molecule has 0 spiro atoms. The van der Waals surface area contributed by atoms with Crippen LogP contribution in [0, 0.1) is 12.8 Å². The standard InChI is InChI=1S/C15H24N2O/c1-12(2)11-18-14-4-5-15(13(3)10-14)17-8-6-16-7-9-17/h4-5,10,12,16H,6-9,11H2,1-3H3. The predicted molar refractivity (Wildman–Crippen MR) is 76.6 cm³/mol. The molecule has 1 aliphatic rings. The molecule has 1 heterocycles. The highest BCUT2D eigenvalue weighted by Crippen LogP contribution is 2.25. The van der Waals surface area contributed by atoms with Crippen LogP contribution < -0.4 is 15.0 Å². The summed E-state index contributed by atoms with van der Waals surface area (Å²) in [6, 6.07) is 6.43. The van der Waals surface area contributed by atoms with Gasteiger partial charge in [-0.1, -0.05) is 13.8 Å². The van der Waals surface area contributed by atoms with Gasteiger partial charge in [0.15, 0.2) is 0 Å². The zero-order valence-electron chi connectivity index (χ0n) is 11.7. The Morgan fingerprint density at radius 3 is 2.61 bits per heavy atom. The Bertz CT molecular complexity index is 384. The van der Waals surface area contributed by atoms with E-state index < -0.39 is 0 Å². The summed E-state index contributed by atoms with van der Waals surface area (Å²) in [6.45, 7) is 11.6. The van der Waals surface area contributed by atoms with Crippen LogP contribution >= 0.6 is 0 Å². The van der Waals surface area contributed by atoms with E-state index in [0.29, 0.717) is 5.92 Å². The lowest BCUT2D eigenvalue weighted by Crippen LogP contribution is -2.43. The minimum atomic E-state index is 0.568. The van der Waals surface area contributed by atoms with Crippen molar-refractivity contribution in [3.05, 3.63) is 23.8 Å². The second-order valence-electron chi connectivity index (χ2n) is 5.39. The fourth-order valence-electron chi connectivity index (χ4n) is 2.24. The molecule has 0 unspecified atom stereocenters. The number of nitrogens with one attached hydrogen (secondary N) is 1. The number of aryl methyl sites for hydroxylation is 1. The van der Waals surface area contributed by atoms with Crippen molar-refractivity contribution >= 4 is 5.69 Å². The fourth-order valence-corrected chi connectivity index (χ4v) is 2.24. The molecule has 3 nitrogen and oxygen atoms in total. The molecule has 3 heteroatoms. The Labute approximate surface area is 110 Å². The molecule has 1 N–H and O–H groups in total. The molecule has 0 aromatic heterocycles. The van der Waals surface area contributed by atoms with Crippen molar-refractivity contribution in [3.63, 3.8) is 0 Å². The molecule has 0 saturated carbocycles.